The molecule has 0 aliphatic carbocycles. The van der Waals surface area contributed by atoms with Crippen LogP contribution in [-0.4, -0.2) is 4.92 Å². The summed E-state index contributed by atoms with van der Waals surface area (Å²) in [5.74, 6) is 3.84. The van der Waals surface area contributed by atoms with Crippen molar-refractivity contribution in [3.63, 3.8) is 0 Å². The molecular weight excluding hydrogens is 294 g/mol. The van der Waals surface area contributed by atoms with Crippen LogP contribution in [0.15, 0.2) is 12.1 Å². The Morgan fingerprint density at radius 2 is 2.23 bits per heavy atom. The number of nitro groups is 1. The highest BCUT2D eigenvalue weighted by atomic mass is 127. The lowest BCUT2D eigenvalue weighted by Crippen LogP contribution is -2.05. The van der Waals surface area contributed by atoms with Gasteiger partial charge < -0.3 is 4.84 Å². The molecule has 0 unspecified atom stereocenters. The average molecular weight is 298 g/mol. The largest absolute Gasteiger partial charge is 0.404 e. The predicted molar refractivity (Wildman–Crippen MR) is 50.6 cm³/mol. The van der Waals surface area contributed by atoms with Crippen molar-refractivity contribution in [1.29, 1.82) is 0 Å². The molecule has 0 atom stereocenters. The summed E-state index contributed by atoms with van der Waals surface area (Å²) in [6.45, 7) is 0. The summed E-state index contributed by atoms with van der Waals surface area (Å²) < 4.78 is 13.0. The molecule has 0 saturated heterocycles. The van der Waals surface area contributed by atoms with Crippen molar-refractivity contribution in [2.45, 2.75) is 0 Å². The molecule has 5 nitrogen and oxygen atoms in total. The van der Waals surface area contributed by atoms with Crippen LogP contribution in [0, 0.1) is 19.5 Å². The normalized spacial score (nSPS) is 9.77. The number of nitrogens with zero attached hydrogens (tertiary/aromatic N) is 1. The van der Waals surface area contributed by atoms with Crippen LogP contribution in [0.3, 0.4) is 0 Å². The highest BCUT2D eigenvalue weighted by Gasteiger charge is 2.18. The van der Waals surface area contributed by atoms with Crippen molar-refractivity contribution >= 4 is 28.3 Å². The Hall–Kier alpha value is -0.960. The number of halogens is 2. The fraction of sp³-hybridized carbons (Fsp3) is 0. The molecule has 2 N–H and O–H groups in total. The van der Waals surface area contributed by atoms with Crippen molar-refractivity contribution in [3.8, 4) is 5.75 Å². The maximum absolute atomic E-state index is 12.8. The van der Waals surface area contributed by atoms with Crippen molar-refractivity contribution in [3.05, 3.63) is 31.6 Å². The monoisotopic (exact) mass is 298 g/mol. The molecule has 1 aromatic carbocycles. The molecule has 0 radical (unpaired) electrons. The summed E-state index contributed by atoms with van der Waals surface area (Å²) in [4.78, 5) is 13.9. The molecule has 13 heavy (non-hydrogen) atoms. The second-order valence-corrected chi connectivity index (χ2v) is 3.27. The van der Waals surface area contributed by atoms with E-state index in [2.05, 4.69) is 4.84 Å². The van der Waals surface area contributed by atoms with Crippen molar-refractivity contribution in [2.24, 2.45) is 5.90 Å². The maximum atomic E-state index is 12.8. The van der Waals surface area contributed by atoms with E-state index in [4.69, 9.17) is 5.90 Å². The lowest BCUT2D eigenvalue weighted by atomic mass is 10.3. The fourth-order valence-electron chi connectivity index (χ4n) is 0.755. The minimum atomic E-state index is -0.691. The van der Waals surface area contributed by atoms with Crippen LogP contribution in [0.2, 0.25) is 0 Å². The number of rotatable bonds is 2. The minimum Gasteiger partial charge on any atom is -0.404 e. The molecule has 70 valence electrons. The summed E-state index contributed by atoms with van der Waals surface area (Å²) >= 11 is 1.64. The summed E-state index contributed by atoms with van der Waals surface area (Å²) in [6.07, 6.45) is 0. The van der Waals surface area contributed by atoms with E-state index in [9.17, 15) is 14.5 Å². The molecule has 0 spiro atoms. The SMILES string of the molecule is NOc1cc(F)c(I)cc1[N+](=O)[O-]. The van der Waals surface area contributed by atoms with Crippen LogP contribution >= 0.6 is 22.6 Å². The number of hydrogen-bond acceptors (Lipinski definition) is 4. The van der Waals surface area contributed by atoms with Crippen molar-refractivity contribution < 1.29 is 14.2 Å². The molecule has 1 rings (SSSR count). The topological polar surface area (TPSA) is 78.4 Å². The Labute approximate surface area is 85.9 Å². The van der Waals surface area contributed by atoms with E-state index in [1.54, 1.807) is 22.6 Å². The molecule has 0 amide bonds. The standard InChI is InChI=1S/C6H4FIN2O3/c7-3-1-6(13-9)5(10(11)12)2-4(3)8/h1-2H,9H2. The lowest BCUT2D eigenvalue weighted by molar-refractivity contribution is -0.386. The van der Waals surface area contributed by atoms with Crippen LogP contribution < -0.4 is 10.7 Å². The first-order valence-corrected chi connectivity index (χ1v) is 4.14. The van der Waals surface area contributed by atoms with Gasteiger partial charge in [-0.1, -0.05) is 0 Å². The number of benzene rings is 1. The molecule has 7 heteroatoms. The first-order valence-electron chi connectivity index (χ1n) is 3.06. The van der Waals surface area contributed by atoms with E-state index in [1.807, 2.05) is 0 Å². The number of hydrogen-bond donors (Lipinski definition) is 1. The van der Waals surface area contributed by atoms with Crippen LogP contribution in [0.4, 0.5) is 10.1 Å². The quantitative estimate of drug-likeness (QED) is 0.511. The van der Waals surface area contributed by atoms with E-state index < -0.39 is 10.7 Å². The van der Waals surface area contributed by atoms with Crippen molar-refractivity contribution in [1.82, 2.24) is 0 Å². The van der Waals surface area contributed by atoms with Crippen LogP contribution in [0.5, 0.6) is 5.75 Å². The third-order valence-electron chi connectivity index (χ3n) is 1.33. The molecule has 1 aromatic rings. The molecular formula is C6H4FIN2O3. The van der Waals surface area contributed by atoms with Crippen LogP contribution in [0.25, 0.3) is 0 Å². The van der Waals surface area contributed by atoms with Crippen molar-refractivity contribution in [2.75, 3.05) is 0 Å². The van der Waals surface area contributed by atoms with E-state index in [-0.39, 0.29) is 15.0 Å². The van der Waals surface area contributed by atoms with Gasteiger partial charge in [0.1, 0.15) is 5.82 Å². The second-order valence-electron chi connectivity index (χ2n) is 2.11. The maximum Gasteiger partial charge on any atom is 0.314 e. The number of nitrogens with two attached hydrogens (primary N) is 1. The minimum absolute atomic E-state index is 0.144. The van der Waals surface area contributed by atoms with Gasteiger partial charge in [0.25, 0.3) is 0 Å². The zero-order valence-corrected chi connectivity index (χ0v) is 8.32. The first-order chi connectivity index (χ1) is 6.06. The van der Waals surface area contributed by atoms with E-state index in [0.29, 0.717) is 0 Å². The molecule has 0 aliphatic rings. The zero-order chi connectivity index (χ0) is 10.0. The van der Waals surface area contributed by atoms with E-state index in [1.165, 1.54) is 0 Å². The van der Waals surface area contributed by atoms with Gasteiger partial charge in [0.2, 0.25) is 5.75 Å². The zero-order valence-electron chi connectivity index (χ0n) is 6.16. The third kappa shape index (κ3) is 2.04. The van der Waals surface area contributed by atoms with Gasteiger partial charge >= 0.3 is 5.69 Å². The Morgan fingerprint density at radius 3 is 2.69 bits per heavy atom. The summed E-state index contributed by atoms with van der Waals surface area (Å²) in [6, 6.07) is 1.93. The molecule has 0 heterocycles. The molecule has 0 aliphatic heterocycles. The fourth-order valence-corrected chi connectivity index (χ4v) is 1.21. The van der Waals surface area contributed by atoms with Crippen LogP contribution in [0.1, 0.15) is 0 Å². The predicted octanol–water partition coefficient (Wildman–Crippen LogP) is 1.59. The first kappa shape index (κ1) is 10.1. The highest BCUT2D eigenvalue weighted by Crippen LogP contribution is 2.29. The Morgan fingerprint density at radius 1 is 1.62 bits per heavy atom. The van der Waals surface area contributed by atoms with Gasteiger partial charge in [0.05, 0.1) is 8.49 Å². The molecule has 0 bridgehead atoms. The Kier molecular flexibility index (Phi) is 2.98. The van der Waals surface area contributed by atoms with Gasteiger partial charge in [0.15, 0.2) is 0 Å². The molecule has 0 fully saturated rings. The molecule has 0 aromatic heterocycles. The van der Waals surface area contributed by atoms with Gasteiger partial charge in [-0.3, -0.25) is 10.1 Å². The van der Waals surface area contributed by atoms with E-state index >= 15 is 0 Å². The Bertz CT molecular complexity index is 358. The molecule has 0 saturated carbocycles. The van der Waals surface area contributed by atoms with E-state index in [0.717, 1.165) is 12.1 Å². The summed E-state index contributed by atoms with van der Waals surface area (Å²) in [7, 11) is 0. The smallest absolute Gasteiger partial charge is 0.314 e. The van der Waals surface area contributed by atoms with Gasteiger partial charge in [-0.25, -0.2) is 4.39 Å². The van der Waals surface area contributed by atoms with Gasteiger partial charge in [-0.05, 0) is 22.6 Å². The average Bonchev–Trinajstić information content (AvgIpc) is 2.08. The van der Waals surface area contributed by atoms with Crippen LogP contribution in [-0.2, 0) is 0 Å². The second kappa shape index (κ2) is 3.83. The third-order valence-corrected chi connectivity index (χ3v) is 2.15. The number of nitro benzene ring substituents is 1. The Balaban J connectivity index is 3.33. The summed E-state index contributed by atoms with van der Waals surface area (Å²) in [5.41, 5.74) is -0.353. The highest BCUT2D eigenvalue weighted by molar-refractivity contribution is 14.1. The summed E-state index contributed by atoms with van der Waals surface area (Å²) in [5, 5.41) is 10.4. The lowest BCUT2D eigenvalue weighted by Gasteiger charge is -2.01. The van der Waals surface area contributed by atoms with Gasteiger partial charge in [-0.15, -0.1) is 0 Å². The van der Waals surface area contributed by atoms with Gasteiger partial charge in [0, 0.05) is 12.1 Å². The van der Waals surface area contributed by atoms with Gasteiger partial charge in [-0.2, -0.15) is 5.90 Å².